The highest BCUT2D eigenvalue weighted by molar-refractivity contribution is 6.14. The van der Waals surface area contributed by atoms with Gasteiger partial charge in [0.05, 0.1) is 33.1 Å². The van der Waals surface area contributed by atoms with Crippen molar-refractivity contribution in [3.8, 4) is 28.2 Å². The van der Waals surface area contributed by atoms with E-state index in [-0.39, 0.29) is 5.41 Å². The smallest absolute Gasteiger partial charge is 0.0542 e. The summed E-state index contributed by atoms with van der Waals surface area (Å²) in [6, 6.07) is 65.0. The molecular weight excluding hydrogens is 739 g/mol. The van der Waals surface area contributed by atoms with Crippen molar-refractivity contribution in [2.45, 2.75) is 26.2 Å². The maximum absolute atomic E-state index is 4.22. The summed E-state index contributed by atoms with van der Waals surface area (Å²) in [4.78, 5) is 0. The van der Waals surface area contributed by atoms with Crippen molar-refractivity contribution in [1.29, 1.82) is 0 Å². The number of rotatable bonds is 6. The fourth-order valence-electron chi connectivity index (χ4n) is 10.6. The van der Waals surface area contributed by atoms with E-state index in [2.05, 4.69) is 229 Å². The average Bonchev–Trinajstić information content (AvgIpc) is 3.99. The zero-order chi connectivity index (χ0) is 41.0. The van der Waals surface area contributed by atoms with Crippen molar-refractivity contribution in [2.24, 2.45) is 0 Å². The molecule has 0 amide bonds. The van der Waals surface area contributed by atoms with Gasteiger partial charge in [-0.15, -0.1) is 0 Å². The standard InChI is InChI=1S/C58H43N3/c1-5-16-42-43-29-27-41(36-51(43)58(3,4)50(42)6-2)61-54-24-15-12-21-46(54)49-35-40(28-32-57(49)61)60-53-23-14-11-20-45(53)48-34-38(26-31-56(48)60)37-25-30-55-47(33-37)44-19-10-13-22-52(44)59(55)39-17-8-7-9-18-39/h5-36H,2H2,1,3-4H3/b16-5-. The van der Waals surface area contributed by atoms with Crippen molar-refractivity contribution in [3.63, 3.8) is 0 Å². The first-order valence-corrected chi connectivity index (χ1v) is 21.3. The fraction of sp³-hybridized carbons (Fsp3) is 0.0690. The van der Waals surface area contributed by atoms with Crippen LogP contribution in [-0.4, -0.2) is 13.7 Å². The predicted octanol–water partition coefficient (Wildman–Crippen LogP) is 15.5. The van der Waals surface area contributed by atoms with Crippen LogP contribution >= 0.6 is 0 Å². The van der Waals surface area contributed by atoms with Gasteiger partial charge in [0, 0.05) is 54.8 Å². The van der Waals surface area contributed by atoms with Gasteiger partial charge in [-0.3, -0.25) is 0 Å². The van der Waals surface area contributed by atoms with Crippen molar-refractivity contribution in [2.75, 3.05) is 0 Å². The molecule has 3 heteroatoms. The zero-order valence-electron chi connectivity index (χ0n) is 34.5. The third-order valence-electron chi connectivity index (χ3n) is 13.3. The molecule has 8 aromatic carbocycles. The summed E-state index contributed by atoms with van der Waals surface area (Å²) in [5.41, 5.74) is 18.1. The highest BCUT2D eigenvalue weighted by Crippen LogP contribution is 2.48. The van der Waals surface area contributed by atoms with E-state index in [0.29, 0.717) is 0 Å². The lowest BCUT2D eigenvalue weighted by atomic mass is 9.81. The normalized spacial score (nSPS) is 13.9. The fourth-order valence-corrected chi connectivity index (χ4v) is 10.6. The minimum Gasteiger partial charge on any atom is -0.309 e. The van der Waals surface area contributed by atoms with E-state index in [4.69, 9.17) is 0 Å². The number of para-hydroxylation sites is 4. The van der Waals surface area contributed by atoms with Crippen LogP contribution in [-0.2, 0) is 5.41 Å². The molecule has 3 aromatic heterocycles. The van der Waals surface area contributed by atoms with Crippen LogP contribution in [0.3, 0.4) is 0 Å². The van der Waals surface area contributed by atoms with Crippen LogP contribution in [0.5, 0.6) is 0 Å². The minimum absolute atomic E-state index is 0.153. The Bertz CT molecular complexity index is 3690. The number of fused-ring (bicyclic) bond motifs is 10. The number of hydrogen-bond acceptors (Lipinski definition) is 0. The lowest BCUT2D eigenvalue weighted by Gasteiger charge is -2.23. The van der Waals surface area contributed by atoms with E-state index >= 15 is 0 Å². The molecule has 61 heavy (non-hydrogen) atoms. The number of hydrogen-bond donors (Lipinski definition) is 0. The molecule has 0 radical (unpaired) electrons. The second-order valence-corrected chi connectivity index (χ2v) is 16.9. The number of aromatic nitrogens is 3. The molecule has 3 nitrogen and oxygen atoms in total. The van der Waals surface area contributed by atoms with Gasteiger partial charge < -0.3 is 13.7 Å². The Kier molecular flexibility index (Phi) is 7.64. The largest absolute Gasteiger partial charge is 0.309 e. The lowest BCUT2D eigenvalue weighted by Crippen LogP contribution is -2.16. The predicted molar refractivity (Wildman–Crippen MR) is 260 cm³/mol. The molecule has 0 N–H and O–H groups in total. The van der Waals surface area contributed by atoms with E-state index in [1.54, 1.807) is 0 Å². The topological polar surface area (TPSA) is 14.8 Å². The third-order valence-corrected chi connectivity index (χ3v) is 13.3. The van der Waals surface area contributed by atoms with Crippen LogP contribution in [0, 0.1) is 0 Å². The second kappa shape index (κ2) is 13.2. The van der Waals surface area contributed by atoms with Gasteiger partial charge in [0.15, 0.2) is 0 Å². The summed E-state index contributed by atoms with van der Waals surface area (Å²) in [5, 5.41) is 7.48. The molecule has 11 aromatic rings. The molecular formula is C58H43N3. The van der Waals surface area contributed by atoms with Gasteiger partial charge in [0.25, 0.3) is 0 Å². The van der Waals surface area contributed by atoms with Gasteiger partial charge in [-0.2, -0.15) is 0 Å². The Balaban J connectivity index is 1.01. The molecule has 0 saturated carbocycles. The lowest BCUT2D eigenvalue weighted by molar-refractivity contribution is 0.654. The van der Waals surface area contributed by atoms with E-state index in [1.165, 1.54) is 110 Å². The average molecular weight is 782 g/mol. The first kappa shape index (κ1) is 35.3. The molecule has 0 fully saturated rings. The highest BCUT2D eigenvalue weighted by atomic mass is 15.0. The van der Waals surface area contributed by atoms with E-state index in [1.807, 2.05) is 6.08 Å². The van der Waals surface area contributed by atoms with Crippen LogP contribution in [0.15, 0.2) is 206 Å². The highest BCUT2D eigenvalue weighted by Gasteiger charge is 2.35. The van der Waals surface area contributed by atoms with Crippen LogP contribution in [0.4, 0.5) is 0 Å². The molecule has 1 aliphatic carbocycles. The van der Waals surface area contributed by atoms with E-state index in [0.717, 1.165) is 5.69 Å². The Morgan fingerprint density at radius 2 is 0.869 bits per heavy atom. The molecule has 0 spiro atoms. The van der Waals surface area contributed by atoms with Crippen LogP contribution in [0.2, 0.25) is 0 Å². The first-order chi connectivity index (χ1) is 29.9. The SMILES string of the molecule is C=CC1=C(/C=C\C)c2ccc(-n3c4ccccc4c4cc(-n5c6ccccc6c6cc(-c7ccc8c(c7)c7ccccc7n8-c7ccccc7)ccc65)ccc43)cc2C1(C)C. The molecule has 0 unspecified atom stereocenters. The molecule has 3 heterocycles. The van der Waals surface area contributed by atoms with E-state index < -0.39 is 0 Å². The molecule has 1 aliphatic rings. The van der Waals surface area contributed by atoms with Crippen molar-refractivity contribution >= 4 is 71.0 Å². The van der Waals surface area contributed by atoms with Gasteiger partial charge in [0.1, 0.15) is 0 Å². The molecule has 0 aliphatic heterocycles. The van der Waals surface area contributed by atoms with Crippen molar-refractivity contribution < 1.29 is 0 Å². The summed E-state index contributed by atoms with van der Waals surface area (Å²) in [6.07, 6.45) is 6.40. The number of allylic oxidation sites excluding steroid dienone is 5. The first-order valence-electron chi connectivity index (χ1n) is 21.3. The van der Waals surface area contributed by atoms with Crippen LogP contribution in [0.1, 0.15) is 31.9 Å². The van der Waals surface area contributed by atoms with Gasteiger partial charge in [0.2, 0.25) is 0 Å². The van der Waals surface area contributed by atoms with Crippen molar-refractivity contribution in [3.05, 3.63) is 217 Å². The molecule has 290 valence electrons. The summed E-state index contributed by atoms with van der Waals surface area (Å²) in [6.45, 7) is 10.9. The molecule has 0 bridgehead atoms. The maximum Gasteiger partial charge on any atom is 0.0542 e. The Labute approximate surface area is 355 Å². The van der Waals surface area contributed by atoms with Gasteiger partial charge in [-0.25, -0.2) is 0 Å². The molecule has 0 saturated heterocycles. The van der Waals surface area contributed by atoms with E-state index in [9.17, 15) is 0 Å². The third kappa shape index (κ3) is 5.04. The second-order valence-electron chi connectivity index (χ2n) is 16.9. The van der Waals surface area contributed by atoms with Gasteiger partial charge >= 0.3 is 0 Å². The Morgan fingerprint density at radius 1 is 0.426 bits per heavy atom. The molecule has 12 rings (SSSR count). The summed E-state index contributed by atoms with van der Waals surface area (Å²) >= 11 is 0. The van der Waals surface area contributed by atoms with Crippen molar-refractivity contribution in [1.82, 2.24) is 13.7 Å². The summed E-state index contributed by atoms with van der Waals surface area (Å²) in [5.74, 6) is 0. The molecule has 0 atom stereocenters. The Hall–Kier alpha value is -7.62. The Morgan fingerprint density at radius 3 is 1.41 bits per heavy atom. The maximum atomic E-state index is 4.22. The van der Waals surface area contributed by atoms with Gasteiger partial charge in [-0.05, 0) is 125 Å². The summed E-state index contributed by atoms with van der Waals surface area (Å²) < 4.78 is 7.27. The quantitative estimate of drug-likeness (QED) is 0.160. The number of benzene rings is 8. The monoisotopic (exact) mass is 781 g/mol. The van der Waals surface area contributed by atoms with Gasteiger partial charge in [-0.1, -0.05) is 130 Å². The van der Waals surface area contributed by atoms with Crippen LogP contribution in [0.25, 0.3) is 99.2 Å². The minimum atomic E-state index is -0.153. The number of nitrogens with zero attached hydrogens (tertiary/aromatic N) is 3. The van der Waals surface area contributed by atoms with Crippen LogP contribution < -0.4 is 0 Å². The zero-order valence-corrected chi connectivity index (χ0v) is 34.5. The summed E-state index contributed by atoms with van der Waals surface area (Å²) in [7, 11) is 0.